The van der Waals surface area contributed by atoms with Gasteiger partial charge >= 0.3 is 5.97 Å². The van der Waals surface area contributed by atoms with Gasteiger partial charge in [-0.05, 0) is 50.5 Å². The number of rotatable bonds is 6. The first-order valence-electron chi connectivity index (χ1n) is 8.00. The zero-order chi connectivity index (χ0) is 17.1. The number of carbonyl (C=O) groups excluding carboxylic acids is 1. The number of esters is 1. The number of hydrogen-bond donors (Lipinski definition) is 0. The minimum atomic E-state index is -0.235. The molecule has 0 N–H and O–H groups in total. The molecule has 3 heteroatoms. The summed E-state index contributed by atoms with van der Waals surface area (Å²) >= 11 is 1.87. The summed E-state index contributed by atoms with van der Waals surface area (Å²) in [6.45, 7) is 16.7. The molecule has 0 bridgehead atoms. The SMILES string of the molecule is Cc1cc(C)c(C(C)(C)CC(=O)OC(C)C)c(SC(C)C)c1. The van der Waals surface area contributed by atoms with Crippen LogP contribution in [0.5, 0.6) is 0 Å². The summed E-state index contributed by atoms with van der Waals surface area (Å²) in [6, 6.07) is 4.44. The van der Waals surface area contributed by atoms with Gasteiger partial charge in [-0.2, -0.15) is 0 Å². The van der Waals surface area contributed by atoms with E-state index < -0.39 is 0 Å². The molecule has 1 aromatic carbocycles. The van der Waals surface area contributed by atoms with Gasteiger partial charge in [-0.1, -0.05) is 33.8 Å². The molecule has 22 heavy (non-hydrogen) atoms. The van der Waals surface area contributed by atoms with Gasteiger partial charge in [0, 0.05) is 15.6 Å². The van der Waals surface area contributed by atoms with Gasteiger partial charge in [-0.25, -0.2) is 0 Å². The zero-order valence-electron chi connectivity index (χ0n) is 15.2. The molecule has 1 aromatic rings. The van der Waals surface area contributed by atoms with Crippen molar-refractivity contribution in [2.24, 2.45) is 0 Å². The van der Waals surface area contributed by atoms with E-state index in [4.69, 9.17) is 4.74 Å². The van der Waals surface area contributed by atoms with Crippen molar-refractivity contribution in [1.82, 2.24) is 0 Å². The van der Waals surface area contributed by atoms with E-state index in [0.29, 0.717) is 11.7 Å². The van der Waals surface area contributed by atoms with Gasteiger partial charge in [0.2, 0.25) is 0 Å². The Morgan fingerprint density at radius 3 is 2.27 bits per heavy atom. The van der Waals surface area contributed by atoms with Crippen molar-refractivity contribution in [3.8, 4) is 0 Å². The predicted molar refractivity (Wildman–Crippen MR) is 95.8 cm³/mol. The van der Waals surface area contributed by atoms with Crippen molar-refractivity contribution < 1.29 is 9.53 Å². The number of ether oxygens (including phenoxy) is 1. The van der Waals surface area contributed by atoms with Crippen LogP contribution in [0.3, 0.4) is 0 Å². The standard InChI is InChI=1S/C19H30O2S/c1-12(2)21-17(20)11-19(7,8)18-15(6)9-14(5)10-16(18)22-13(3)4/h9-10,12-13H,11H2,1-8H3. The molecule has 0 fully saturated rings. The fraction of sp³-hybridized carbons (Fsp3) is 0.632. The fourth-order valence-electron chi connectivity index (χ4n) is 2.90. The van der Waals surface area contributed by atoms with Gasteiger partial charge in [-0.15, -0.1) is 11.8 Å². The zero-order valence-corrected chi connectivity index (χ0v) is 16.1. The number of benzene rings is 1. The molecule has 0 aromatic heterocycles. The monoisotopic (exact) mass is 322 g/mol. The van der Waals surface area contributed by atoms with Crippen LogP contribution in [-0.2, 0) is 14.9 Å². The minimum absolute atomic E-state index is 0.0630. The third kappa shape index (κ3) is 5.35. The maximum absolute atomic E-state index is 12.1. The Bertz CT molecular complexity index is 530. The summed E-state index contributed by atoms with van der Waals surface area (Å²) < 4.78 is 5.35. The molecule has 0 aliphatic carbocycles. The summed E-state index contributed by atoms with van der Waals surface area (Å²) in [5, 5.41) is 0.512. The molecule has 0 saturated heterocycles. The van der Waals surface area contributed by atoms with E-state index in [1.54, 1.807) is 0 Å². The second-order valence-corrected chi connectivity index (χ2v) is 8.84. The molecule has 124 valence electrons. The quantitative estimate of drug-likeness (QED) is 0.516. The van der Waals surface area contributed by atoms with Crippen LogP contribution >= 0.6 is 11.8 Å². The van der Waals surface area contributed by atoms with E-state index in [1.807, 2.05) is 25.6 Å². The summed E-state index contributed by atoms with van der Waals surface area (Å²) in [6.07, 6.45) is 0.340. The molecule has 0 heterocycles. The van der Waals surface area contributed by atoms with Crippen molar-refractivity contribution in [2.75, 3.05) is 0 Å². The van der Waals surface area contributed by atoms with Gasteiger partial charge in [0.15, 0.2) is 0 Å². The van der Waals surface area contributed by atoms with Gasteiger partial charge in [0.25, 0.3) is 0 Å². The van der Waals surface area contributed by atoms with Gasteiger partial charge in [0.05, 0.1) is 12.5 Å². The number of aryl methyl sites for hydroxylation is 2. The van der Waals surface area contributed by atoms with Crippen LogP contribution in [-0.4, -0.2) is 17.3 Å². The van der Waals surface area contributed by atoms with Gasteiger partial charge in [0.1, 0.15) is 0 Å². The van der Waals surface area contributed by atoms with Crippen LogP contribution in [0, 0.1) is 13.8 Å². The Hall–Kier alpha value is -0.960. The molecule has 2 nitrogen and oxygen atoms in total. The van der Waals surface area contributed by atoms with Crippen LogP contribution in [0.15, 0.2) is 17.0 Å². The van der Waals surface area contributed by atoms with Crippen molar-refractivity contribution in [1.29, 1.82) is 0 Å². The maximum atomic E-state index is 12.1. The van der Waals surface area contributed by atoms with E-state index in [1.165, 1.54) is 21.6 Å². The molecule has 0 unspecified atom stereocenters. The lowest BCUT2D eigenvalue weighted by Crippen LogP contribution is -2.26. The first-order chi connectivity index (χ1) is 10.0. The largest absolute Gasteiger partial charge is 0.463 e. The van der Waals surface area contributed by atoms with Crippen molar-refractivity contribution in [3.63, 3.8) is 0 Å². The number of thioether (sulfide) groups is 1. The average molecular weight is 323 g/mol. The Balaban J connectivity index is 3.19. The predicted octanol–water partition coefficient (Wildman–Crippen LogP) is 5.42. The lowest BCUT2D eigenvalue weighted by atomic mass is 9.79. The third-order valence-electron chi connectivity index (χ3n) is 3.44. The molecular weight excluding hydrogens is 292 g/mol. The van der Waals surface area contributed by atoms with Crippen molar-refractivity contribution in [2.45, 2.75) is 83.5 Å². The first-order valence-corrected chi connectivity index (χ1v) is 8.88. The van der Waals surface area contributed by atoms with E-state index in [-0.39, 0.29) is 17.5 Å². The van der Waals surface area contributed by atoms with Gasteiger partial charge < -0.3 is 4.74 Å². The van der Waals surface area contributed by atoms with E-state index in [9.17, 15) is 4.79 Å². The number of hydrogen-bond acceptors (Lipinski definition) is 3. The Labute approximate surface area is 140 Å². The lowest BCUT2D eigenvalue weighted by molar-refractivity contribution is -0.148. The second kappa shape index (κ2) is 7.54. The molecule has 0 spiro atoms. The Morgan fingerprint density at radius 1 is 1.18 bits per heavy atom. The van der Waals surface area contributed by atoms with E-state index >= 15 is 0 Å². The normalized spacial score (nSPS) is 12.1. The van der Waals surface area contributed by atoms with Crippen molar-refractivity contribution >= 4 is 17.7 Å². The highest BCUT2D eigenvalue weighted by atomic mass is 32.2. The molecular formula is C19H30O2S. The van der Waals surface area contributed by atoms with Crippen LogP contribution in [0.1, 0.15) is 64.7 Å². The minimum Gasteiger partial charge on any atom is -0.463 e. The number of carbonyl (C=O) groups is 1. The van der Waals surface area contributed by atoms with Crippen LogP contribution in [0.2, 0.25) is 0 Å². The van der Waals surface area contributed by atoms with Crippen LogP contribution < -0.4 is 0 Å². The highest BCUT2D eigenvalue weighted by Gasteiger charge is 2.30. The highest BCUT2D eigenvalue weighted by Crippen LogP contribution is 2.39. The van der Waals surface area contributed by atoms with E-state index in [2.05, 4.69) is 53.7 Å². The van der Waals surface area contributed by atoms with E-state index in [0.717, 1.165) is 0 Å². The average Bonchev–Trinajstić information content (AvgIpc) is 2.22. The topological polar surface area (TPSA) is 26.3 Å². The Kier molecular flexibility index (Phi) is 6.54. The third-order valence-corrected chi connectivity index (χ3v) is 4.48. The Morgan fingerprint density at radius 2 is 1.77 bits per heavy atom. The smallest absolute Gasteiger partial charge is 0.306 e. The second-order valence-electron chi connectivity index (χ2n) is 7.22. The molecule has 1 rings (SSSR count). The maximum Gasteiger partial charge on any atom is 0.306 e. The molecule has 0 amide bonds. The molecule has 0 radical (unpaired) electrons. The molecule has 0 aliphatic rings. The molecule has 0 atom stereocenters. The molecule has 0 aliphatic heterocycles. The first kappa shape index (κ1) is 19.1. The van der Waals surface area contributed by atoms with Crippen LogP contribution in [0.25, 0.3) is 0 Å². The highest BCUT2D eigenvalue weighted by molar-refractivity contribution is 8.00. The van der Waals surface area contributed by atoms with Crippen LogP contribution in [0.4, 0.5) is 0 Å². The lowest BCUT2D eigenvalue weighted by Gasteiger charge is -2.30. The summed E-state index contributed by atoms with van der Waals surface area (Å²) in [4.78, 5) is 13.4. The summed E-state index contributed by atoms with van der Waals surface area (Å²) in [7, 11) is 0. The van der Waals surface area contributed by atoms with Gasteiger partial charge in [-0.3, -0.25) is 4.79 Å². The molecule has 0 saturated carbocycles. The summed E-state index contributed by atoms with van der Waals surface area (Å²) in [5.41, 5.74) is 3.56. The summed E-state index contributed by atoms with van der Waals surface area (Å²) in [5.74, 6) is -0.125. The van der Waals surface area contributed by atoms with Crippen molar-refractivity contribution in [3.05, 3.63) is 28.8 Å². The fourth-order valence-corrected chi connectivity index (χ4v) is 4.21.